The standard InChI is InChI=1S/C14H10ClF2N/c15-12-4-11(16)5-13(17)14(12)8-1-2-9-6-18-7-10(9)3-8/h1-5,18H,6-7H2. The van der Waals surface area contributed by atoms with Crippen molar-refractivity contribution in [3.8, 4) is 11.1 Å². The third-order valence-electron chi connectivity index (χ3n) is 3.13. The molecule has 0 saturated heterocycles. The van der Waals surface area contributed by atoms with Gasteiger partial charge in [0.1, 0.15) is 11.6 Å². The van der Waals surface area contributed by atoms with Gasteiger partial charge in [0.15, 0.2) is 0 Å². The van der Waals surface area contributed by atoms with E-state index in [9.17, 15) is 8.78 Å². The molecule has 1 heterocycles. The summed E-state index contributed by atoms with van der Waals surface area (Å²) in [5, 5.41) is 3.31. The van der Waals surface area contributed by atoms with E-state index < -0.39 is 11.6 Å². The van der Waals surface area contributed by atoms with Crippen LogP contribution >= 0.6 is 11.6 Å². The van der Waals surface area contributed by atoms with Crippen LogP contribution in [0.25, 0.3) is 11.1 Å². The van der Waals surface area contributed by atoms with Crippen LogP contribution < -0.4 is 5.32 Å². The number of hydrogen-bond acceptors (Lipinski definition) is 1. The molecule has 0 spiro atoms. The summed E-state index contributed by atoms with van der Waals surface area (Å²) in [6, 6.07) is 7.65. The zero-order valence-corrected chi connectivity index (χ0v) is 10.2. The Balaban J connectivity index is 2.16. The smallest absolute Gasteiger partial charge is 0.135 e. The Morgan fingerprint density at radius 1 is 1.00 bits per heavy atom. The molecule has 0 atom stereocenters. The van der Waals surface area contributed by atoms with E-state index in [4.69, 9.17) is 11.6 Å². The molecule has 1 aliphatic heterocycles. The highest BCUT2D eigenvalue weighted by atomic mass is 35.5. The van der Waals surface area contributed by atoms with Crippen LogP contribution in [0.4, 0.5) is 8.78 Å². The molecule has 0 bridgehead atoms. The number of rotatable bonds is 1. The van der Waals surface area contributed by atoms with Crippen molar-refractivity contribution in [1.82, 2.24) is 5.32 Å². The van der Waals surface area contributed by atoms with E-state index in [1.165, 1.54) is 5.56 Å². The largest absolute Gasteiger partial charge is 0.309 e. The predicted molar refractivity (Wildman–Crippen MR) is 67.3 cm³/mol. The molecule has 1 nitrogen and oxygen atoms in total. The van der Waals surface area contributed by atoms with Gasteiger partial charge in [0.05, 0.1) is 5.02 Å². The van der Waals surface area contributed by atoms with Crippen molar-refractivity contribution in [3.63, 3.8) is 0 Å². The van der Waals surface area contributed by atoms with E-state index in [1.807, 2.05) is 18.2 Å². The number of halogens is 3. The average molecular weight is 266 g/mol. The molecule has 0 radical (unpaired) electrons. The van der Waals surface area contributed by atoms with Gasteiger partial charge in [0, 0.05) is 24.7 Å². The fraction of sp³-hybridized carbons (Fsp3) is 0.143. The second-order valence-electron chi connectivity index (χ2n) is 4.33. The van der Waals surface area contributed by atoms with Crippen molar-refractivity contribution in [3.05, 3.63) is 58.1 Å². The second kappa shape index (κ2) is 4.34. The minimum Gasteiger partial charge on any atom is -0.309 e. The fourth-order valence-electron chi connectivity index (χ4n) is 2.27. The lowest BCUT2D eigenvalue weighted by molar-refractivity contribution is 0.586. The van der Waals surface area contributed by atoms with Gasteiger partial charge < -0.3 is 5.32 Å². The molecule has 92 valence electrons. The summed E-state index contributed by atoms with van der Waals surface area (Å²) in [7, 11) is 0. The van der Waals surface area contributed by atoms with Crippen LogP contribution in [0.2, 0.25) is 5.02 Å². The molecule has 2 aromatic rings. The van der Waals surface area contributed by atoms with Crippen molar-refractivity contribution >= 4 is 11.6 Å². The Morgan fingerprint density at radius 2 is 1.78 bits per heavy atom. The highest BCUT2D eigenvalue weighted by Crippen LogP contribution is 2.33. The Morgan fingerprint density at radius 3 is 2.56 bits per heavy atom. The maximum atomic E-state index is 13.8. The molecule has 0 unspecified atom stereocenters. The number of nitrogens with one attached hydrogen (secondary N) is 1. The molecule has 2 aromatic carbocycles. The molecule has 1 aliphatic rings. The topological polar surface area (TPSA) is 12.0 Å². The molecule has 0 amide bonds. The molecule has 3 rings (SSSR count). The summed E-state index contributed by atoms with van der Waals surface area (Å²) in [5.41, 5.74) is 3.28. The summed E-state index contributed by atoms with van der Waals surface area (Å²) in [6.07, 6.45) is 0. The maximum absolute atomic E-state index is 13.8. The normalized spacial score (nSPS) is 13.7. The molecule has 18 heavy (non-hydrogen) atoms. The van der Waals surface area contributed by atoms with Crippen LogP contribution in [-0.2, 0) is 13.1 Å². The van der Waals surface area contributed by atoms with Crippen molar-refractivity contribution in [2.24, 2.45) is 0 Å². The summed E-state index contributed by atoms with van der Waals surface area (Å²) in [5.74, 6) is -1.30. The lowest BCUT2D eigenvalue weighted by Crippen LogP contribution is -1.99. The van der Waals surface area contributed by atoms with E-state index >= 15 is 0 Å². The summed E-state index contributed by atoms with van der Waals surface area (Å²) < 4.78 is 26.8. The van der Waals surface area contributed by atoms with Crippen LogP contribution in [-0.4, -0.2) is 0 Å². The highest BCUT2D eigenvalue weighted by molar-refractivity contribution is 6.33. The van der Waals surface area contributed by atoms with Crippen LogP contribution in [0.5, 0.6) is 0 Å². The monoisotopic (exact) mass is 265 g/mol. The zero-order valence-electron chi connectivity index (χ0n) is 9.43. The number of hydrogen-bond donors (Lipinski definition) is 1. The Bertz CT molecular complexity index is 602. The van der Waals surface area contributed by atoms with E-state index in [0.717, 1.165) is 30.8 Å². The van der Waals surface area contributed by atoms with Crippen molar-refractivity contribution in [2.45, 2.75) is 13.1 Å². The van der Waals surface area contributed by atoms with Gasteiger partial charge in [0.25, 0.3) is 0 Å². The molecule has 4 heteroatoms. The Hall–Kier alpha value is -1.45. The first-order valence-electron chi connectivity index (χ1n) is 5.62. The van der Waals surface area contributed by atoms with E-state index in [0.29, 0.717) is 5.56 Å². The molecule has 0 fully saturated rings. The second-order valence-corrected chi connectivity index (χ2v) is 4.74. The summed E-state index contributed by atoms with van der Waals surface area (Å²) >= 11 is 5.92. The molecular weight excluding hydrogens is 256 g/mol. The van der Waals surface area contributed by atoms with Crippen LogP contribution in [0.3, 0.4) is 0 Å². The lowest BCUT2D eigenvalue weighted by atomic mass is 10.00. The van der Waals surface area contributed by atoms with E-state index in [1.54, 1.807) is 0 Å². The molecule has 0 saturated carbocycles. The molecular formula is C14H10ClF2N. The first-order valence-corrected chi connectivity index (χ1v) is 6.00. The quantitative estimate of drug-likeness (QED) is 0.825. The third-order valence-corrected chi connectivity index (χ3v) is 3.43. The van der Waals surface area contributed by atoms with Crippen molar-refractivity contribution < 1.29 is 8.78 Å². The van der Waals surface area contributed by atoms with Gasteiger partial charge >= 0.3 is 0 Å². The summed E-state index contributed by atoms with van der Waals surface area (Å²) in [4.78, 5) is 0. The third kappa shape index (κ3) is 1.89. The Kier molecular flexibility index (Phi) is 2.80. The number of benzene rings is 2. The van der Waals surface area contributed by atoms with Gasteiger partial charge in [-0.2, -0.15) is 0 Å². The van der Waals surface area contributed by atoms with Crippen LogP contribution in [0.15, 0.2) is 30.3 Å². The van der Waals surface area contributed by atoms with Crippen LogP contribution in [0.1, 0.15) is 11.1 Å². The van der Waals surface area contributed by atoms with Gasteiger partial charge in [0.2, 0.25) is 0 Å². The first-order chi connectivity index (χ1) is 8.65. The molecule has 1 N–H and O–H groups in total. The van der Waals surface area contributed by atoms with E-state index in [2.05, 4.69) is 5.32 Å². The molecule has 0 aromatic heterocycles. The zero-order chi connectivity index (χ0) is 12.7. The van der Waals surface area contributed by atoms with Crippen molar-refractivity contribution in [1.29, 1.82) is 0 Å². The van der Waals surface area contributed by atoms with Gasteiger partial charge in [-0.15, -0.1) is 0 Å². The van der Waals surface area contributed by atoms with Crippen molar-refractivity contribution in [2.75, 3.05) is 0 Å². The number of fused-ring (bicyclic) bond motifs is 1. The minimum absolute atomic E-state index is 0.0957. The SMILES string of the molecule is Fc1cc(F)c(-c2ccc3c(c2)CNC3)c(Cl)c1. The van der Waals surface area contributed by atoms with Crippen LogP contribution in [0, 0.1) is 11.6 Å². The Labute approximate surface area is 108 Å². The van der Waals surface area contributed by atoms with Gasteiger partial charge in [-0.25, -0.2) is 8.78 Å². The van der Waals surface area contributed by atoms with Gasteiger partial charge in [-0.05, 0) is 28.8 Å². The average Bonchev–Trinajstić information content (AvgIpc) is 2.74. The highest BCUT2D eigenvalue weighted by Gasteiger charge is 2.15. The fourth-order valence-corrected chi connectivity index (χ4v) is 2.57. The maximum Gasteiger partial charge on any atom is 0.135 e. The lowest BCUT2D eigenvalue weighted by Gasteiger charge is -2.08. The first kappa shape index (κ1) is 11.6. The summed E-state index contributed by atoms with van der Waals surface area (Å²) in [6.45, 7) is 1.60. The van der Waals surface area contributed by atoms with Gasteiger partial charge in [-0.3, -0.25) is 0 Å². The van der Waals surface area contributed by atoms with E-state index in [-0.39, 0.29) is 10.6 Å². The predicted octanol–water partition coefficient (Wildman–Crippen LogP) is 3.89. The molecule has 0 aliphatic carbocycles. The van der Waals surface area contributed by atoms with Gasteiger partial charge in [-0.1, -0.05) is 23.7 Å². The minimum atomic E-state index is -0.663.